The van der Waals surface area contributed by atoms with Crippen LogP contribution in [0, 0.1) is 6.92 Å². The van der Waals surface area contributed by atoms with Crippen LogP contribution in [0.5, 0.6) is 5.75 Å². The average molecular weight is 517 g/mol. The fourth-order valence-electron chi connectivity index (χ4n) is 5.15. The van der Waals surface area contributed by atoms with Crippen molar-refractivity contribution < 1.29 is 34.8 Å². The topological polar surface area (TPSA) is 178 Å². The second-order valence-electron chi connectivity index (χ2n) is 9.93. The number of ether oxygens (including phenoxy) is 1. The Morgan fingerprint density at radius 1 is 1.14 bits per heavy atom. The molecule has 0 saturated heterocycles. The Morgan fingerprint density at radius 3 is 2.30 bits per heavy atom. The summed E-state index contributed by atoms with van der Waals surface area (Å²) in [6, 6.07) is 10.0. The average Bonchev–Trinajstić information content (AvgIpc) is 2.94. The molecule has 1 fully saturated rings. The maximum atomic E-state index is 13.0. The van der Waals surface area contributed by atoms with Gasteiger partial charge in [-0.15, -0.1) is 0 Å². The molecule has 11 nitrogen and oxygen atoms in total. The first-order valence-corrected chi connectivity index (χ1v) is 11.9. The fourth-order valence-corrected chi connectivity index (χ4v) is 5.15. The van der Waals surface area contributed by atoms with Crippen molar-refractivity contribution in [3.63, 3.8) is 0 Å². The van der Waals surface area contributed by atoms with E-state index in [-0.39, 0.29) is 11.3 Å². The van der Waals surface area contributed by atoms with Gasteiger partial charge in [-0.05, 0) is 44.5 Å². The smallest absolute Gasteiger partial charge is 0.342 e. The number of phenolic OH excluding ortho intramolecular Hbond substituents is 1. The predicted octanol–water partition coefficient (Wildman–Crippen LogP) is 0.552. The first-order valence-electron chi connectivity index (χ1n) is 11.9. The van der Waals surface area contributed by atoms with Gasteiger partial charge in [0.2, 0.25) is 0 Å². The summed E-state index contributed by atoms with van der Waals surface area (Å²) in [7, 11) is 2.95. The third kappa shape index (κ3) is 4.59. The molecule has 37 heavy (non-hydrogen) atoms. The molecular formula is C26H36N4O7. The zero-order valence-electron chi connectivity index (χ0n) is 21.6. The molecule has 11 heteroatoms. The number of para-hydroxylation sites is 1. The van der Waals surface area contributed by atoms with Crippen molar-refractivity contribution in [2.24, 2.45) is 5.73 Å². The Morgan fingerprint density at radius 2 is 1.76 bits per heavy atom. The number of hydrogen-bond donors (Lipinski definition) is 7. The monoisotopic (exact) mass is 516 g/mol. The fraction of sp³-hybridized carbons (Fsp3) is 0.462. The third-order valence-electron chi connectivity index (χ3n) is 7.40. The summed E-state index contributed by atoms with van der Waals surface area (Å²) in [5, 5.41) is 50.8. The zero-order valence-corrected chi connectivity index (χ0v) is 21.6. The minimum absolute atomic E-state index is 0.0942. The summed E-state index contributed by atoms with van der Waals surface area (Å²) in [5.41, 5.74) is 0.857. The molecule has 202 valence electrons. The van der Waals surface area contributed by atoms with Crippen molar-refractivity contribution in [2.75, 3.05) is 26.0 Å². The second kappa shape index (κ2) is 10.2. The van der Waals surface area contributed by atoms with Gasteiger partial charge in [-0.3, -0.25) is 0 Å². The van der Waals surface area contributed by atoms with Gasteiger partial charge in [0.25, 0.3) is 0 Å². The van der Waals surface area contributed by atoms with Gasteiger partial charge in [0.1, 0.15) is 29.1 Å². The van der Waals surface area contributed by atoms with Crippen molar-refractivity contribution in [1.29, 1.82) is 0 Å². The minimum atomic E-state index is -2.33. The number of amides is 2. The van der Waals surface area contributed by atoms with Crippen LogP contribution in [0.25, 0.3) is 0 Å². The zero-order chi connectivity index (χ0) is 27.8. The van der Waals surface area contributed by atoms with Gasteiger partial charge >= 0.3 is 12.0 Å². The second-order valence-corrected chi connectivity index (χ2v) is 9.93. The first kappa shape index (κ1) is 28.2. The number of phenols is 1. The van der Waals surface area contributed by atoms with Crippen molar-refractivity contribution in [2.45, 2.75) is 55.7 Å². The Labute approximate surface area is 215 Å². The Hall–Kier alpha value is -3.38. The third-order valence-corrected chi connectivity index (χ3v) is 7.40. The lowest BCUT2D eigenvalue weighted by Crippen LogP contribution is -2.76. The lowest BCUT2D eigenvalue weighted by atomic mass is 9.73. The van der Waals surface area contributed by atoms with Crippen LogP contribution in [-0.2, 0) is 4.74 Å². The number of benzene rings is 2. The molecule has 2 aromatic rings. The van der Waals surface area contributed by atoms with Crippen LogP contribution in [-0.4, -0.2) is 93.0 Å². The molecule has 6 atom stereocenters. The van der Waals surface area contributed by atoms with Gasteiger partial charge in [-0.25, -0.2) is 9.59 Å². The van der Waals surface area contributed by atoms with Gasteiger partial charge in [0.15, 0.2) is 5.60 Å². The van der Waals surface area contributed by atoms with E-state index in [1.807, 2.05) is 0 Å². The summed E-state index contributed by atoms with van der Waals surface area (Å²) in [4.78, 5) is 26.9. The number of aliphatic hydroxyl groups is 3. The standard InChI is InChI=1S/C26H36N4O7/c1-15-10-9-13-18(32)19(15)22(33)37-14-25(36)21(28-17-11-7-6-8-12-17)20(27)26(16(2)31,24(25,3)35)29-23(34)30(4)5/h6-13,16,20-21,28,31-32,35-36H,14,27H2,1-5H3,(H,29,34)/t16-,20-,21-,24-,25+,26-/m0/s1. The van der Waals surface area contributed by atoms with Crippen LogP contribution in [0.1, 0.15) is 29.8 Å². The van der Waals surface area contributed by atoms with E-state index < -0.39 is 53.5 Å². The maximum absolute atomic E-state index is 13.0. The molecule has 8 N–H and O–H groups in total. The molecule has 2 amide bonds. The summed E-state index contributed by atoms with van der Waals surface area (Å²) in [6.07, 6.45) is -1.45. The lowest BCUT2D eigenvalue weighted by molar-refractivity contribution is -0.186. The number of hydrogen-bond acceptors (Lipinski definition) is 9. The van der Waals surface area contributed by atoms with E-state index in [0.717, 1.165) is 0 Å². The van der Waals surface area contributed by atoms with E-state index in [4.69, 9.17) is 10.5 Å². The molecule has 0 unspecified atom stereocenters. The number of nitrogens with two attached hydrogens (primary N) is 1. The highest BCUT2D eigenvalue weighted by atomic mass is 16.5. The number of esters is 1. The molecular weight excluding hydrogens is 480 g/mol. The minimum Gasteiger partial charge on any atom is -0.507 e. The summed E-state index contributed by atoms with van der Waals surface area (Å²) in [5.74, 6) is -1.24. The van der Waals surface area contributed by atoms with Crippen LogP contribution >= 0.6 is 0 Å². The normalized spacial score (nSPS) is 29.9. The number of anilines is 1. The Balaban J connectivity index is 2.09. The van der Waals surface area contributed by atoms with E-state index >= 15 is 0 Å². The van der Waals surface area contributed by atoms with E-state index in [0.29, 0.717) is 11.3 Å². The molecule has 0 bridgehead atoms. The number of carbonyl (C=O) groups is 2. The number of carbonyl (C=O) groups excluding carboxylic acids is 2. The molecule has 0 aromatic heterocycles. The molecule has 0 spiro atoms. The molecule has 3 rings (SSSR count). The van der Waals surface area contributed by atoms with E-state index in [9.17, 15) is 30.0 Å². The SMILES string of the molecule is Cc1cccc(O)c1C(=O)OC[C@@]1(O)[C@@H](Nc2ccccc2)[C@H](N)[C@@](NC(=O)N(C)C)([C@H](C)O)[C@@]1(C)O. The van der Waals surface area contributed by atoms with Crippen molar-refractivity contribution in [3.8, 4) is 5.75 Å². The van der Waals surface area contributed by atoms with Crippen LogP contribution < -0.4 is 16.4 Å². The number of nitrogens with zero attached hydrogens (tertiary/aromatic N) is 1. The number of aromatic hydroxyl groups is 1. The highest BCUT2D eigenvalue weighted by molar-refractivity contribution is 5.94. The number of nitrogens with one attached hydrogen (secondary N) is 2. The number of rotatable bonds is 7. The highest BCUT2D eigenvalue weighted by Gasteiger charge is 2.76. The molecule has 1 aliphatic carbocycles. The van der Waals surface area contributed by atoms with Gasteiger partial charge in [-0.1, -0.05) is 30.3 Å². The summed E-state index contributed by atoms with van der Waals surface area (Å²) in [6.45, 7) is 3.40. The highest BCUT2D eigenvalue weighted by Crippen LogP contribution is 2.49. The largest absolute Gasteiger partial charge is 0.507 e. The predicted molar refractivity (Wildman–Crippen MR) is 137 cm³/mol. The molecule has 0 heterocycles. The maximum Gasteiger partial charge on any atom is 0.342 e. The van der Waals surface area contributed by atoms with Crippen molar-refractivity contribution in [3.05, 3.63) is 59.7 Å². The number of urea groups is 1. The lowest BCUT2D eigenvalue weighted by Gasteiger charge is -2.48. The summed E-state index contributed by atoms with van der Waals surface area (Å²) >= 11 is 0. The Kier molecular flexibility index (Phi) is 7.75. The Bertz CT molecular complexity index is 1120. The van der Waals surface area contributed by atoms with Crippen LogP contribution in [0.3, 0.4) is 0 Å². The van der Waals surface area contributed by atoms with Gasteiger partial charge < -0.3 is 46.4 Å². The van der Waals surface area contributed by atoms with E-state index in [1.54, 1.807) is 49.4 Å². The summed E-state index contributed by atoms with van der Waals surface area (Å²) < 4.78 is 5.44. The van der Waals surface area contributed by atoms with Crippen LogP contribution in [0.2, 0.25) is 0 Å². The molecule has 2 aromatic carbocycles. The van der Waals surface area contributed by atoms with E-state index in [1.165, 1.54) is 38.9 Å². The quantitative estimate of drug-likeness (QED) is 0.259. The molecule has 0 aliphatic heterocycles. The number of aryl methyl sites for hydroxylation is 1. The van der Waals surface area contributed by atoms with Gasteiger partial charge in [0, 0.05) is 19.8 Å². The van der Waals surface area contributed by atoms with Crippen LogP contribution in [0.15, 0.2) is 48.5 Å². The number of aliphatic hydroxyl groups excluding tert-OH is 1. The van der Waals surface area contributed by atoms with Crippen LogP contribution in [0.4, 0.5) is 10.5 Å². The van der Waals surface area contributed by atoms with Crippen molar-refractivity contribution in [1.82, 2.24) is 10.2 Å². The van der Waals surface area contributed by atoms with E-state index in [2.05, 4.69) is 10.6 Å². The molecule has 1 saturated carbocycles. The molecule has 1 aliphatic rings. The first-order chi connectivity index (χ1) is 17.2. The van der Waals surface area contributed by atoms with Gasteiger partial charge in [-0.2, -0.15) is 0 Å². The molecule has 0 radical (unpaired) electrons. The van der Waals surface area contributed by atoms with Gasteiger partial charge in [0.05, 0.1) is 18.2 Å². The van der Waals surface area contributed by atoms with Crippen molar-refractivity contribution >= 4 is 17.7 Å².